The Hall–Kier alpha value is -1.16. The Labute approximate surface area is 126 Å². The third-order valence-corrected chi connectivity index (χ3v) is 4.64. The molecular formula is C14H16IN3O. The van der Waals surface area contributed by atoms with Gasteiger partial charge in [-0.05, 0) is 67.3 Å². The predicted molar refractivity (Wildman–Crippen MR) is 80.5 cm³/mol. The van der Waals surface area contributed by atoms with Crippen LogP contribution in [0.25, 0.3) is 0 Å². The predicted octanol–water partition coefficient (Wildman–Crippen LogP) is 2.81. The molecule has 5 heteroatoms. The summed E-state index contributed by atoms with van der Waals surface area (Å²) in [5, 5.41) is 11.9. The molecule has 0 bridgehead atoms. The van der Waals surface area contributed by atoms with Crippen molar-refractivity contribution in [2.75, 3.05) is 0 Å². The van der Waals surface area contributed by atoms with Crippen molar-refractivity contribution in [2.24, 2.45) is 5.92 Å². The maximum atomic E-state index is 12.1. The highest BCUT2D eigenvalue weighted by Gasteiger charge is 2.22. The van der Waals surface area contributed by atoms with E-state index in [0.717, 1.165) is 34.9 Å². The molecule has 1 amide bonds. The fraction of sp³-hybridized carbons (Fsp3) is 0.500. The van der Waals surface area contributed by atoms with Crippen LogP contribution in [0.2, 0.25) is 0 Å². The van der Waals surface area contributed by atoms with Gasteiger partial charge in [-0.15, -0.1) is 0 Å². The number of halogens is 1. The molecule has 1 saturated carbocycles. The number of aromatic nitrogens is 1. The number of aryl methyl sites for hydroxylation is 1. The second-order valence-electron chi connectivity index (χ2n) is 4.91. The maximum absolute atomic E-state index is 12.1. The average molecular weight is 369 g/mol. The summed E-state index contributed by atoms with van der Waals surface area (Å²) in [7, 11) is 0. The Morgan fingerprint density at radius 2 is 2.11 bits per heavy atom. The number of nitrogens with one attached hydrogen (secondary N) is 1. The minimum Gasteiger partial charge on any atom is -0.348 e. The quantitative estimate of drug-likeness (QED) is 0.816. The van der Waals surface area contributed by atoms with Crippen LogP contribution in [0.1, 0.15) is 41.9 Å². The van der Waals surface area contributed by atoms with Crippen molar-refractivity contribution in [3.05, 3.63) is 27.1 Å². The molecule has 1 aliphatic carbocycles. The first-order chi connectivity index (χ1) is 9.10. The highest BCUT2D eigenvalue weighted by Crippen LogP contribution is 2.23. The monoisotopic (exact) mass is 369 g/mol. The third-order valence-electron chi connectivity index (χ3n) is 3.50. The maximum Gasteiger partial charge on any atom is 0.270 e. The van der Waals surface area contributed by atoms with Crippen LogP contribution in [0.4, 0.5) is 0 Å². The van der Waals surface area contributed by atoms with Gasteiger partial charge in [0, 0.05) is 15.5 Å². The van der Waals surface area contributed by atoms with E-state index in [4.69, 9.17) is 5.26 Å². The zero-order valence-corrected chi connectivity index (χ0v) is 13.0. The van der Waals surface area contributed by atoms with Crippen LogP contribution in [-0.4, -0.2) is 16.9 Å². The number of hydrogen-bond donors (Lipinski definition) is 1. The number of amides is 1. The molecule has 100 valence electrons. The van der Waals surface area contributed by atoms with E-state index in [9.17, 15) is 4.79 Å². The summed E-state index contributed by atoms with van der Waals surface area (Å²) < 4.78 is 1.06. The first-order valence-electron chi connectivity index (χ1n) is 6.43. The van der Waals surface area contributed by atoms with Gasteiger partial charge in [0.05, 0.1) is 11.8 Å². The first-order valence-corrected chi connectivity index (χ1v) is 7.51. The van der Waals surface area contributed by atoms with Crippen molar-refractivity contribution in [3.63, 3.8) is 0 Å². The molecule has 2 rings (SSSR count). The number of carbonyl (C=O) groups is 1. The minimum atomic E-state index is -0.111. The van der Waals surface area contributed by atoms with Crippen molar-refractivity contribution in [1.82, 2.24) is 10.3 Å². The Balaban J connectivity index is 1.94. The number of nitrogens with zero attached hydrogens (tertiary/aromatic N) is 2. The smallest absolute Gasteiger partial charge is 0.270 e. The second-order valence-corrected chi connectivity index (χ2v) is 6.08. The van der Waals surface area contributed by atoms with Crippen LogP contribution >= 0.6 is 22.6 Å². The summed E-state index contributed by atoms with van der Waals surface area (Å²) in [5.41, 5.74) is 1.35. The zero-order valence-electron chi connectivity index (χ0n) is 10.8. The van der Waals surface area contributed by atoms with Gasteiger partial charge < -0.3 is 5.32 Å². The molecule has 1 N–H and O–H groups in total. The van der Waals surface area contributed by atoms with Gasteiger partial charge in [-0.3, -0.25) is 4.79 Å². The highest BCUT2D eigenvalue weighted by molar-refractivity contribution is 14.1. The molecule has 1 aromatic heterocycles. The molecule has 0 unspecified atom stereocenters. The molecule has 19 heavy (non-hydrogen) atoms. The Bertz CT molecular complexity index is 516. The molecular weight excluding hydrogens is 353 g/mol. The summed E-state index contributed by atoms with van der Waals surface area (Å²) in [5.74, 6) is 0.0479. The number of nitriles is 1. The Morgan fingerprint density at radius 1 is 1.42 bits per heavy atom. The summed E-state index contributed by atoms with van der Waals surface area (Å²) in [6.07, 6.45) is 3.52. The fourth-order valence-corrected chi connectivity index (χ4v) is 2.60. The van der Waals surface area contributed by atoms with Crippen LogP contribution in [0.15, 0.2) is 12.1 Å². The zero-order chi connectivity index (χ0) is 13.8. The molecule has 0 saturated heterocycles. The van der Waals surface area contributed by atoms with Crippen molar-refractivity contribution in [2.45, 2.75) is 38.6 Å². The summed E-state index contributed by atoms with van der Waals surface area (Å²) in [6, 6.07) is 6.14. The van der Waals surface area contributed by atoms with E-state index in [-0.39, 0.29) is 17.9 Å². The van der Waals surface area contributed by atoms with Crippen molar-refractivity contribution in [3.8, 4) is 6.07 Å². The molecule has 0 atom stereocenters. The second kappa shape index (κ2) is 6.33. The van der Waals surface area contributed by atoms with Crippen LogP contribution in [0, 0.1) is 27.7 Å². The largest absolute Gasteiger partial charge is 0.348 e. The highest BCUT2D eigenvalue weighted by atomic mass is 127. The van der Waals surface area contributed by atoms with Gasteiger partial charge in [0.2, 0.25) is 0 Å². The third kappa shape index (κ3) is 3.66. The minimum absolute atomic E-state index is 0.111. The molecule has 0 aliphatic heterocycles. The van der Waals surface area contributed by atoms with Gasteiger partial charge in [-0.2, -0.15) is 5.26 Å². The molecule has 1 heterocycles. The Morgan fingerprint density at radius 3 is 2.68 bits per heavy atom. The molecule has 0 aromatic carbocycles. The van der Waals surface area contributed by atoms with Gasteiger partial charge in [0.1, 0.15) is 5.69 Å². The average Bonchev–Trinajstić information content (AvgIpc) is 2.42. The first kappa shape index (κ1) is 14.3. The SMILES string of the molecule is Cc1nc(C(=O)N[C@H]2CC[C@@H](C#N)CC2)ccc1I. The van der Waals surface area contributed by atoms with E-state index in [2.05, 4.69) is 39.0 Å². The van der Waals surface area contributed by atoms with Gasteiger partial charge in [0.15, 0.2) is 0 Å². The lowest BCUT2D eigenvalue weighted by Gasteiger charge is -2.25. The number of rotatable bonds is 2. The van der Waals surface area contributed by atoms with Crippen LogP contribution in [0.3, 0.4) is 0 Å². The van der Waals surface area contributed by atoms with Crippen LogP contribution < -0.4 is 5.32 Å². The van der Waals surface area contributed by atoms with Crippen LogP contribution in [0.5, 0.6) is 0 Å². The van der Waals surface area contributed by atoms with Crippen molar-refractivity contribution < 1.29 is 4.79 Å². The number of pyridine rings is 1. The molecule has 1 aliphatic rings. The molecule has 4 nitrogen and oxygen atoms in total. The summed E-state index contributed by atoms with van der Waals surface area (Å²) in [4.78, 5) is 16.4. The van der Waals surface area contributed by atoms with Crippen molar-refractivity contribution in [1.29, 1.82) is 5.26 Å². The van der Waals surface area contributed by atoms with Gasteiger partial charge >= 0.3 is 0 Å². The lowest BCUT2D eigenvalue weighted by Crippen LogP contribution is -2.37. The lowest BCUT2D eigenvalue weighted by atomic mass is 9.87. The normalized spacial score (nSPS) is 22.6. The van der Waals surface area contributed by atoms with E-state index in [1.54, 1.807) is 6.07 Å². The molecule has 1 aromatic rings. The van der Waals surface area contributed by atoms with E-state index >= 15 is 0 Å². The van der Waals surface area contributed by atoms with Gasteiger partial charge in [0.25, 0.3) is 5.91 Å². The van der Waals surface area contributed by atoms with Crippen molar-refractivity contribution >= 4 is 28.5 Å². The topological polar surface area (TPSA) is 65.8 Å². The Kier molecular flexibility index (Phi) is 4.75. The fourth-order valence-electron chi connectivity index (χ4n) is 2.30. The molecule has 0 radical (unpaired) electrons. The number of hydrogen-bond acceptors (Lipinski definition) is 3. The van der Waals surface area contributed by atoms with Crippen LogP contribution in [-0.2, 0) is 0 Å². The van der Waals surface area contributed by atoms with Gasteiger partial charge in [-0.25, -0.2) is 4.98 Å². The van der Waals surface area contributed by atoms with E-state index in [1.165, 1.54) is 0 Å². The van der Waals surface area contributed by atoms with E-state index < -0.39 is 0 Å². The lowest BCUT2D eigenvalue weighted by molar-refractivity contribution is 0.0919. The van der Waals surface area contributed by atoms with E-state index in [1.807, 2.05) is 13.0 Å². The molecule has 0 spiro atoms. The summed E-state index contributed by atoms with van der Waals surface area (Å²) >= 11 is 2.20. The summed E-state index contributed by atoms with van der Waals surface area (Å²) in [6.45, 7) is 1.90. The standard InChI is InChI=1S/C14H16IN3O/c1-9-12(15)6-7-13(17-9)14(19)18-11-4-2-10(8-16)3-5-11/h6-7,10-11H,2-5H2,1H3,(H,18,19)/t10-,11+. The van der Waals surface area contributed by atoms with Gasteiger partial charge in [-0.1, -0.05) is 0 Å². The molecule has 1 fully saturated rings. The number of carbonyl (C=O) groups excluding carboxylic acids is 1. The van der Waals surface area contributed by atoms with E-state index in [0.29, 0.717) is 5.69 Å².